The van der Waals surface area contributed by atoms with Gasteiger partial charge in [0.1, 0.15) is 12.6 Å². The number of likely N-dealkylation sites (N-methyl/N-ethyl adjacent to an activating group) is 1. The number of rotatable bonds is 7. The number of hydrogen-bond acceptors (Lipinski definition) is 4. The van der Waals surface area contributed by atoms with Crippen LogP contribution in [0, 0.1) is 12.3 Å². The summed E-state index contributed by atoms with van der Waals surface area (Å²) < 4.78 is 5.26. The van der Waals surface area contributed by atoms with Crippen molar-refractivity contribution in [1.29, 1.82) is 0 Å². The Hall–Kier alpha value is -1.58. The van der Waals surface area contributed by atoms with Crippen molar-refractivity contribution >= 4 is 11.8 Å². The van der Waals surface area contributed by atoms with Crippen LogP contribution >= 0.6 is 0 Å². The van der Waals surface area contributed by atoms with Crippen molar-refractivity contribution in [2.75, 3.05) is 26.8 Å². The molecule has 0 spiro atoms. The van der Waals surface area contributed by atoms with Crippen molar-refractivity contribution < 1.29 is 14.3 Å². The molecule has 0 aromatic heterocycles. The Morgan fingerprint density at radius 3 is 2.76 bits per heavy atom. The number of carbonyl (C=O) groups is 2. The lowest BCUT2D eigenvalue weighted by molar-refractivity contribution is -0.138. The number of nitrogens with one attached hydrogen (secondary N) is 2. The van der Waals surface area contributed by atoms with E-state index in [9.17, 15) is 9.59 Å². The van der Waals surface area contributed by atoms with Gasteiger partial charge >= 0.3 is 0 Å². The molecule has 0 radical (unpaired) electrons. The molecule has 3 atom stereocenters. The molecular formula is C15H25N3O3. The Morgan fingerprint density at radius 1 is 1.52 bits per heavy atom. The molecule has 1 aliphatic rings. The Bertz CT molecular complexity index is 405. The Balaban J connectivity index is 2.69. The predicted molar refractivity (Wildman–Crippen MR) is 80.5 cm³/mol. The summed E-state index contributed by atoms with van der Waals surface area (Å²) in [6, 6.07) is -0.864. The van der Waals surface area contributed by atoms with Gasteiger partial charge in [0.25, 0.3) is 0 Å². The van der Waals surface area contributed by atoms with E-state index in [2.05, 4.69) is 16.6 Å². The van der Waals surface area contributed by atoms with Gasteiger partial charge in [-0.2, -0.15) is 0 Å². The molecule has 0 saturated carbocycles. The van der Waals surface area contributed by atoms with Crippen LogP contribution in [0.15, 0.2) is 0 Å². The zero-order valence-corrected chi connectivity index (χ0v) is 13.0. The maximum Gasteiger partial charge on any atom is 0.247 e. The summed E-state index contributed by atoms with van der Waals surface area (Å²) in [5, 5.41) is 5.58. The lowest BCUT2D eigenvalue weighted by Gasteiger charge is -2.28. The lowest BCUT2D eigenvalue weighted by atomic mass is 10.2. The number of carbonyl (C=O) groups excluding carboxylic acids is 2. The quantitative estimate of drug-likeness (QED) is 0.501. The summed E-state index contributed by atoms with van der Waals surface area (Å²) in [5.41, 5.74) is 0. The molecule has 1 heterocycles. The zero-order chi connectivity index (χ0) is 15.8. The minimum atomic E-state index is -0.692. The highest BCUT2D eigenvalue weighted by atomic mass is 16.5. The van der Waals surface area contributed by atoms with Gasteiger partial charge in [-0.25, -0.2) is 0 Å². The molecule has 1 saturated heterocycles. The third kappa shape index (κ3) is 5.03. The maximum absolute atomic E-state index is 12.6. The monoisotopic (exact) mass is 295 g/mol. The SMILES string of the molecule is C#CCOC[C@H](NC(=O)[C@H](C)NC)C(=O)N1CCC[C@H]1C. The molecule has 6 heteroatoms. The Morgan fingerprint density at radius 2 is 2.24 bits per heavy atom. The summed E-state index contributed by atoms with van der Waals surface area (Å²) in [5.74, 6) is 2.02. The van der Waals surface area contributed by atoms with E-state index < -0.39 is 6.04 Å². The first-order valence-corrected chi connectivity index (χ1v) is 7.30. The molecule has 21 heavy (non-hydrogen) atoms. The fourth-order valence-electron chi connectivity index (χ4n) is 2.30. The summed E-state index contributed by atoms with van der Waals surface area (Å²) >= 11 is 0. The summed E-state index contributed by atoms with van der Waals surface area (Å²) in [7, 11) is 1.69. The molecule has 118 valence electrons. The highest BCUT2D eigenvalue weighted by Gasteiger charge is 2.32. The van der Waals surface area contributed by atoms with Crippen LogP contribution in [-0.2, 0) is 14.3 Å². The van der Waals surface area contributed by atoms with Crippen LogP contribution in [0.1, 0.15) is 26.7 Å². The molecule has 2 amide bonds. The van der Waals surface area contributed by atoms with Gasteiger partial charge in [0.05, 0.1) is 12.6 Å². The van der Waals surface area contributed by atoms with Crippen LogP contribution in [0.3, 0.4) is 0 Å². The van der Waals surface area contributed by atoms with Gasteiger partial charge in [-0.05, 0) is 33.7 Å². The molecule has 0 aromatic rings. The second-order valence-corrected chi connectivity index (χ2v) is 5.31. The molecule has 1 fully saturated rings. The van der Waals surface area contributed by atoms with Gasteiger partial charge in [0.15, 0.2) is 0 Å². The third-order valence-corrected chi connectivity index (χ3v) is 3.75. The van der Waals surface area contributed by atoms with Gasteiger partial charge < -0.3 is 20.3 Å². The summed E-state index contributed by atoms with van der Waals surface area (Å²) in [6.07, 6.45) is 7.12. The van der Waals surface area contributed by atoms with Crippen molar-refractivity contribution in [2.24, 2.45) is 0 Å². The van der Waals surface area contributed by atoms with Crippen LogP contribution < -0.4 is 10.6 Å². The molecule has 0 unspecified atom stereocenters. The number of amides is 2. The van der Waals surface area contributed by atoms with Gasteiger partial charge in [-0.3, -0.25) is 9.59 Å². The highest BCUT2D eigenvalue weighted by Crippen LogP contribution is 2.17. The van der Waals surface area contributed by atoms with Crippen LogP contribution in [0.2, 0.25) is 0 Å². The van der Waals surface area contributed by atoms with E-state index in [1.54, 1.807) is 18.9 Å². The average Bonchev–Trinajstić information content (AvgIpc) is 2.90. The second kappa shape index (κ2) is 8.65. The molecule has 0 bridgehead atoms. The minimum absolute atomic E-state index is 0.0917. The van der Waals surface area contributed by atoms with E-state index >= 15 is 0 Å². The van der Waals surface area contributed by atoms with E-state index in [0.29, 0.717) is 0 Å². The third-order valence-electron chi connectivity index (χ3n) is 3.75. The topological polar surface area (TPSA) is 70.7 Å². The van der Waals surface area contributed by atoms with E-state index in [4.69, 9.17) is 11.2 Å². The van der Waals surface area contributed by atoms with E-state index in [1.165, 1.54) is 0 Å². The van der Waals surface area contributed by atoms with E-state index in [-0.39, 0.29) is 37.1 Å². The molecule has 6 nitrogen and oxygen atoms in total. The fraction of sp³-hybridized carbons (Fsp3) is 0.733. The number of hydrogen-bond donors (Lipinski definition) is 2. The van der Waals surface area contributed by atoms with Crippen LogP contribution in [-0.4, -0.2) is 61.6 Å². The fourth-order valence-corrected chi connectivity index (χ4v) is 2.30. The number of ether oxygens (including phenoxy) is 1. The molecule has 2 N–H and O–H groups in total. The Labute approximate surface area is 126 Å². The van der Waals surface area contributed by atoms with Crippen LogP contribution in [0.5, 0.6) is 0 Å². The normalized spacial score (nSPS) is 20.7. The first-order chi connectivity index (χ1) is 10.0. The van der Waals surface area contributed by atoms with E-state index in [1.807, 2.05) is 6.92 Å². The van der Waals surface area contributed by atoms with Crippen molar-refractivity contribution in [1.82, 2.24) is 15.5 Å². The van der Waals surface area contributed by atoms with Gasteiger partial charge in [0, 0.05) is 12.6 Å². The van der Waals surface area contributed by atoms with Crippen LogP contribution in [0.4, 0.5) is 0 Å². The average molecular weight is 295 g/mol. The van der Waals surface area contributed by atoms with Crippen molar-refractivity contribution in [2.45, 2.75) is 44.8 Å². The Kier molecular flexibility index (Phi) is 7.20. The smallest absolute Gasteiger partial charge is 0.247 e. The van der Waals surface area contributed by atoms with Crippen LogP contribution in [0.25, 0.3) is 0 Å². The lowest BCUT2D eigenvalue weighted by Crippen LogP contribution is -2.54. The van der Waals surface area contributed by atoms with Crippen molar-refractivity contribution in [3.8, 4) is 12.3 Å². The largest absolute Gasteiger partial charge is 0.366 e. The first-order valence-electron chi connectivity index (χ1n) is 7.30. The number of likely N-dealkylation sites (tertiary alicyclic amines) is 1. The maximum atomic E-state index is 12.6. The number of nitrogens with zero attached hydrogens (tertiary/aromatic N) is 1. The minimum Gasteiger partial charge on any atom is -0.366 e. The molecule has 1 rings (SSSR count). The van der Waals surface area contributed by atoms with Gasteiger partial charge in [-0.15, -0.1) is 6.42 Å². The molecule has 0 aromatic carbocycles. The van der Waals surface area contributed by atoms with Crippen molar-refractivity contribution in [3.05, 3.63) is 0 Å². The predicted octanol–water partition coefficient (Wildman–Crippen LogP) is -0.260. The van der Waals surface area contributed by atoms with E-state index in [0.717, 1.165) is 19.4 Å². The highest BCUT2D eigenvalue weighted by molar-refractivity contribution is 5.90. The second-order valence-electron chi connectivity index (χ2n) is 5.31. The number of terminal acetylenes is 1. The summed E-state index contributed by atoms with van der Waals surface area (Å²) in [6.45, 7) is 4.69. The molecular weight excluding hydrogens is 270 g/mol. The molecule has 0 aliphatic carbocycles. The molecule has 1 aliphatic heterocycles. The van der Waals surface area contributed by atoms with Crippen molar-refractivity contribution in [3.63, 3.8) is 0 Å². The summed E-state index contributed by atoms with van der Waals surface area (Å²) in [4.78, 5) is 26.3. The standard InChI is InChI=1S/C15H25N3O3/c1-5-9-21-10-13(17-14(19)12(3)16-4)15(20)18-8-6-7-11(18)2/h1,11-13,16H,6-10H2,2-4H3,(H,17,19)/t11-,12+,13+/m1/s1. The first kappa shape index (κ1) is 17.5. The van der Waals surface area contributed by atoms with Gasteiger partial charge in [-0.1, -0.05) is 5.92 Å². The zero-order valence-electron chi connectivity index (χ0n) is 13.0. The van der Waals surface area contributed by atoms with Gasteiger partial charge in [0.2, 0.25) is 11.8 Å².